The Kier molecular flexibility index (Phi) is 5.29. The minimum absolute atomic E-state index is 0.275. The molecule has 0 aliphatic carbocycles. The fourth-order valence-corrected chi connectivity index (χ4v) is 2.28. The minimum Gasteiger partial charge on any atom is -0.462 e. The smallest absolute Gasteiger partial charge is 0.341 e. The molecule has 20 heavy (non-hydrogen) atoms. The lowest BCUT2D eigenvalue weighted by Gasteiger charge is -2.27. The summed E-state index contributed by atoms with van der Waals surface area (Å²) in [6, 6.07) is 0. The minimum atomic E-state index is -0.398. The van der Waals surface area contributed by atoms with Crippen molar-refractivity contribution in [1.82, 2.24) is 9.97 Å². The average molecular weight is 279 g/mol. The lowest BCUT2D eigenvalue weighted by atomic mass is 10.1. The Bertz CT molecular complexity index is 459. The number of nitrogens with zero attached hydrogens (tertiary/aromatic N) is 3. The summed E-state index contributed by atoms with van der Waals surface area (Å²) in [5.41, 5.74) is 0.969. The molecule has 110 valence electrons. The highest BCUT2D eigenvalue weighted by Gasteiger charge is 2.19. The van der Waals surface area contributed by atoms with Crippen molar-refractivity contribution in [3.8, 4) is 0 Å². The zero-order chi connectivity index (χ0) is 14.4. The normalized spacial score (nSPS) is 15.2. The molecule has 1 aromatic rings. The molecule has 0 aromatic carbocycles. The van der Waals surface area contributed by atoms with Gasteiger partial charge in [-0.05, 0) is 26.2 Å². The van der Waals surface area contributed by atoms with E-state index in [1.165, 1.54) is 6.42 Å². The molecule has 0 atom stereocenters. The Morgan fingerprint density at radius 2 is 2.10 bits per heavy atom. The molecule has 1 saturated heterocycles. The molecule has 1 aromatic heterocycles. The largest absolute Gasteiger partial charge is 0.462 e. The molecule has 0 radical (unpaired) electrons. The lowest BCUT2D eigenvalue weighted by molar-refractivity contribution is 0.0520. The van der Waals surface area contributed by atoms with Crippen molar-refractivity contribution in [3.63, 3.8) is 0 Å². The second kappa shape index (κ2) is 7.19. The Morgan fingerprint density at radius 3 is 2.75 bits per heavy atom. The predicted octanol–water partition coefficient (Wildman–Crippen LogP) is 1.79. The first-order valence-electron chi connectivity index (χ1n) is 7.03. The van der Waals surface area contributed by atoms with Gasteiger partial charge in [0.05, 0.1) is 18.9 Å². The van der Waals surface area contributed by atoms with Gasteiger partial charge < -0.3 is 14.4 Å². The van der Waals surface area contributed by atoms with E-state index >= 15 is 0 Å². The maximum atomic E-state index is 11.9. The van der Waals surface area contributed by atoms with E-state index in [4.69, 9.17) is 9.47 Å². The van der Waals surface area contributed by atoms with Crippen molar-refractivity contribution >= 4 is 11.9 Å². The summed E-state index contributed by atoms with van der Waals surface area (Å²) in [5, 5.41) is 0. The number of esters is 1. The van der Waals surface area contributed by atoms with Gasteiger partial charge in [0.2, 0.25) is 5.95 Å². The molecule has 0 bridgehead atoms. The van der Waals surface area contributed by atoms with E-state index in [9.17, 15) is 4.79 Å². The third kappa shape index (κ3) is 3.45. The Balaban J connectivity index is 2.23. The molecule has 1 aliphatic heterocycles. The van der Waals surface area contributed by atoms with Crippen LogP contribution >= 0.6 is 0 Å². The molecule has 0 saturated carbocycles. The fourth-order valence-electron chi connectivity index (χ4n) is 2.28. The lowest BCUT2D eigenvalue weighted by Crippen LogP contribution is -2.31. The van der Waals surface area contributed by atoms with Crippen molar-refractivity contribution in [2.24, 2.45) is 0 Å². The summed E-state index contributed by atoms with van der Waals surface area (Å²) in [6.45, 7) is 4.31. The number of carbonyl (C=O) groups is 1. The summed E-state index contributed by atoms with van der Waals surface area (Å²) in [4.78, 5) is 22.8. The molecular weight excluding hydrogens is 258 g/mol. The van der Waals surface area contributed by atoms with Gasteiger partial charge in [0.1, 0.15) is 5.56 Å². The van der Waals surface area contributed by atoms with E-state index < -0.39 is 5.97 Å². The van der Waals surface area contributed by atoms with Gasteiger partial charge in [-0.15, -0.1) is 0 Å². The number of hydrogen-bond acceptors (Lipinski definition) is 6. The third-order valence-corrected chi connectivity index (χ3v) is 3.27. The first-order valence-corrected chi connectivity index (χ1v) is 7.03. The van der Waals surface area contributed by atoms with Gasteiger partial charge in [-0.3, -0.25) is 0 Å². The van der Waals surface area contributed by atoms with Gasteiger partial charge in [0, 0.05) is 26.4 Å². The van der Waals surface area contributed by atoms with Crippen LogP contribution in [-0.2, 0) is 16.1 Å². The second-order valence-corrected chi connectivity index (χ2v) is 4.73. The number of carbonyl (C=O) groups excluding carboxylic acids is 1. The van der Waals surface area contributed by atoms with E-state index in [-0.39, 0.29) is 6.61 Å². The van der Waals surface area contributed by atoms with Crippen molar-refractivity contribution in [1.29, 1.82) is 0 Å². The van der Waals surface area contributed by atoms with Crippen LogP contribution < -0.4 is 4.90 Å². The van der Waals surface area contributed by atoms with Crippen LogP contribution in [0.5, 0.6) is 0 Å². The maximum Gasteiger partial charge on any atom is 0.341 e. The van der Waals surface area contributed by atoms with Gasteiger partial charge in [-0.1, -0.05) is 0 Å². The Morgan fingerprint density at radius 1 is 1.35 bits per heavy atom. The summed E-state index contributed by atoms with van der Waals surface area (Å²) in [7, 11) is 1.58. The third-order valence-electron chi connectivity index (χ3n) is 3.27. The number of methoxy groups -OCH3 is 1. The molecule has 0 unspecified atom stereocenters. The number of hydrogen-bond donors (Lipinski definition) is 0. The topological polar surface area (TPSA) is 64.5 Å². The fraction of sp³-hybridized carbons (Fsp3) is 0.643. The first-order chi connectivity index (χ1) is 9.76. The molecule has 0 amide bonds. The van der Waals surface area contributed by atoms with Crippen molar-refractivity contribution in [2.45, 2.75) is 32.8 Å². The van der Waals surface area contributed by atoms with Crippen molar-refractivity contribution in [3.05, 3.63) is 17.5 Å². The van der Waals surface area contributed by atoms with Crippen molar-refractivity contribution < 1.29 is 14.3 Å². The van der Waals surface area contributed by atoms with Gasteiger partial charge in [0.25, 0.3) is 0 Å². The highest BCUT2D eigenvalue weighted by Crippen LogP contribution is 2.18. The van der Waals surface area contributed by atoms with Crippen molar-refractivity contribution in [2.75, 3.05) is 31.7 Å². The highest BCUT2D eigenvalue weighted by molar-refractivity contribution is 5.90. The Hall–Kier alpha value is -1.69. The zero-order valence-corrected chi connectivity index (χ0v) is 12.1. The molecule has 6 nitrogen and oxygen atoms in total. The second-order valence-electron chi connectivity index (χ2n) is 4.73. The van der Waals surface area contributed by atoms with Gasteiger partial charge >= 0.3 is 5.97 Å². The summed E-state index contributed by atoms with van der Waals surface area (Å²) < 4.78 is 10.1. The number of anilines is 1. The first kappa shape index (κ1) is 14.7. The number of aromatic nitrogens is 2. The maximum absolute atomic E-state index is 11.9. The average Bonchev–Trinajstić information content (AvgIpc) is 2.48. The summed E-state index contributed by atoms with van der Waals surface area (Å²) >= 11 is 0. The molecule has 1 aliphatic rings. The molecule has 0 N–H and O–H groups in total. The number of piperidine rings is 1. The van der Waals surface area contributed by atoms with Gasteiger partial charge in [-0.2, -0.15) is 0 Å². The van der Waals surface area contributed by atoms with Crippen LogP contribution in [0.2, 0.25) is 0 Å². The van der Waals surface area contributed by atoms with Crippen LogP contribution in [0.1, 0.15) is 42.2 Å². The van der Waals surface area contributed by atoms with E-state index in [1.807, 2.05) is 0 Å². The van der Waals surface area contributed by atoms with E-state index in [0.717, 1.165) is 25.9 Å². The summed E-state index contributed by atoms with van der Waals surface area (Å²) in [6.07, 6.45) is 5.11. The highest BCUT2D eigenvalue weighted by atomic mass is 16.5. The van der Waals surface area contributed by atoms with Crippen LogP contribution in [0.25, 0.3) is 0 Å². The number of ether oxygens (including phenoxy) is 2. The van der Waals surface area contributed by atoms with Crippen LogP contribution in [0.4, 0.5) is 5.95 Å². The number of rotatable bonds is 5. The molecule has 6 heteroatoms. The van der Waals surface area contributed by atoms with Crippen LogP contribution in [0.15, 0.2) is 6.20 Å². The molecule has 0 spiro atoms. The van der Waals surface area contributed by atoms with Gasteiger partial charge in [-0.25, -0.2) is 14.8 Å². The predicted molar refractivity (Wildman–Crippen MR) is 74.8 cm³/mol. The van der Waals surface area contributed by atoms with Crippen LogP contribution in [-0.4, -0.2) is 42.7 Å². The summed E-state index contributed by atoms with van der Waals surface area (Å²) in [5.74, 6) is 0.273. The Labute approximate surface area is 119 Å². The van der Waals surface area contributed by atoms with Gasteiger partial charge in [0.15, 0.2) is 0 Å². The molecule has 1 fully saturated rings. The van der Waals surface area contributed by atoms with Crippen LogP contribution in [0.3, 0.4) is 0 Å². The molecule has 2 heterocycles. The quantitative estimate of drug-likeness (QED) is 0.766. The SMILES string of the molecule is CCOC(=O)c1cnc(N2CCCCC2)nc1COC. The van der Waals surface area contributed by atoms with E-state index in [2.05, 4.69) is 14.9 Å². The molecule has 2 rings (SSSR count). The van der Waals surface area contributed by atoms with E-state index in [0.29, 0.717) is 23.8 Å². The standard InChI is InChI=1S/C14H21N3O3/c1-3-20-13(18)11-9-15-14(16-12(11)10-19-2)17-7-5-4-6-8-17/h9H,3-8,10H2,1-2H3. The van der Waals surface area contributed by atoms with Crippen LogP contribution in [0, 0.1) is 0 Å². The van der Waals surface area contributed by atoms with E-state index in [1.54, 1.807) is 20.2 Å². The monoisotopic (exact) mass is 279 g/mol. The zero-order valence-electron chi connectivity index (χ0n) is 12.1. The molecular formula is C14H21N3O3.